The molecule has 0 fully saturated rings. The van der Waals surface area contributed by atoms with Crippen molar-refractivity contribution in [2.45, 2.75) is 20.5 Å². The summed E-state index contributed by atoms with van der Waals surface area (Å²) < 4.78 is 11.1. The van der Waals surface area contributed by atoms with E-state index in [-0.39, 0.29) is 5.97 Å². The Morgan fingerprint density at radius 1 is 1.08 bits per heavy atom. The van der Waals surface area contributed by atoms with Crippen molar-refractivity contribution >= 4 is 16.9 Å². The molecule has 1 aromatic heterocycles. The summed E-state index contributed by atoms with van der Waals surface area (Å²) >= 11 is 0. The zero-order valence-corrected chi connectivity index (χ0v) is 13.8. The van der Waals surface area contributed by atoms with E-state index in [1.807, 2.05) is 55.5 Å². The zero-order valence-electron chi connectivity index (χ0n) is 13.8. The molecule has 24 heavy (non-hydrogen) atoms. The number of aromatic nitrogens is 1. The van der Waals surface area contributed by atoms with E-state index in [0.717, 1.165) is 16.6 Å². The fourth-order valence-electron chi connectivity index (χ4n) is 2.58. The van der Waals surface area contributed by atoms with E-state index < -0.39 is 0 Å². The lowest BCUT2D eigenvalue weighted by atomic mass is 10.1. The number of esters is 1. The van der Waals surface area contributed by atoms with E-state index in [1.165, 1.54) is 0 Å². The average molecular weight is 321 g/mol. The van der Waals surface area contributed by atoms with Crippen LogP contribution in [-0.2, 0) is 11.3 Å². The van der Waals surface area contributed by atoms with E-state index >= 15 is 0 Å². The van der Waals surface area contributed by atoms with Gasteiger partial charge in [0.25, 0.3) is 0 Å². The zero-order chi connectivity index (χ0) is 16.9. The molecule has 0 aliphatic heterocycles. The molecule has 0 aliphatic rings. The summed E-state index contributed by atoms with van der Waals surface area (Å²) in [5, 5.41) is 0.740. The molecule has 1 heterocycles. The Labute approximate surface area is 141 Å². The van der Waals surface area contributed by atoms with Gasteiger partial charge in [-0.05, 0) is 31.5 Å². The molecule has 4 heteroatoms. The monoisotopic (exact) mass is 321 g/mol. The standard InChI is InChI=1S/C20H19NO3/c1-3-23-20(22)17-12-14(2)21-19-16(17)10-7-11-18(19)24-13-15-8-5-4-6-9-15/h4-12H,3,13H2,1-2H3. The molecule has 0 saturated heterocycles. The summed E-state index contributed by atoms with van der Waals surface area (Å²) in [6, 6.07) is 17.3. The number of pyridine rings is 1. The molecule has 0 amide bonds. The minimum atomic E-state index is -0.340. The molecule has 0 aliphatic carbocycles. The Balaban J connectivity index is 1.99. The molecule has 0 saturated carbocycles. The largest absolute Gasteiger partial charge is 0.487 e. The van der Waals surface area contributed by atoms with E-state index in [1.54, 1.807) is 13.0 Å². The van der Waals surface area contributed by atoms with Crippen molar-refractivity contribution in [2.75, 3.05) is 6.61 Å². The number of rotatable bonds is 5. The molecule has 0 unspecified atom stereocenters. The van der Waals surface area contributed by atoms with Crippen LogP contribution in [0.3, 0.4) is 0 Å². The molecule has 0 bridgehead atoms. The Morgan fingerprint density at radius 2 is 1.88 bits per heavy atom. The number of carbonyl (C=O) groups excluding carboxylic acids is 1. The van der Waals surface area contributed by atoms with Gasteiger partial charge in [0.1, 0.15) is 17.9 Å². The minimum Gasteiger partial charge on any atom is -0.487 e. The van der Waals surface area contributed by atoms with Crippen LogP contribution in [0.5, 0.6) is 5.75 Å². The normalized spacial score (nSPS) is 10.6. The van der Waals surface area contributed by atoms with Crippen molar-refractivity contribution < 1.29 is 14.3 Å². The molecule has 3 aromatic rings. The number of nitrogens with zero attached hydrogens (tertiary/aromatic N) is 1. The van der Waals surface area contributed by atoms with Crippen molar-refractivity contribution in [2.24, 2.45) is 0 Å². The molecular formula is C20H19NO3. The molecule has 0 radical (unpaired) electrons. The highest BCUT2D eigenvalue weighted by Crippen LogP contribution is 2.28. The van der Waals surface area contributed by atoms with Crippen LogP contribution in [0.1, 0.15) is 28.5 Å². The number of carbonyl (C=O) groups is 1. The topological polar surface area (TPSA) is 48.4 Å². The third kappa shape index (κ3) is 3.38. The van der Waals surface area contributed by atoms with Gasteiger partial charge in [0.05, 0.1) is 12.2 Å². The second kappa shape index (κ2) is 7.13. The van der Waals surface area contributed by atoms with Crippen LogP contribution in [0.2, 0.25) is 0 Å². The van der Waals surface area contributed by atoms with Gasteiger partial charge in [0.2, 0.25) is 0 Å². The summed E-state index contributed by atoms with van der Waals surface area (Å²) in [5.74, 6) is 0.318. The quantitative estimate of drug-likeness (QED) is 0.657. The predicted molar refractivity (Wildman–Crippen MR) is 93.2 cm³/mol. The molecule has 4 nitrogen and oxygen atoms in total. The third-order valence-electron chi connectivity index (χ3n) is 3.66. The Hall–Kier alpha value is -2.88. The van der Waals surface area contributed by atoms with Crippen LogP contribution in [0.4, 0.5) is 0 Å². The summed E-state index contributed by atoms with van der Waals surface area (Å²) in [4.78, 5) is 16.8. The smallest absolute Gasteiger partial charge is 0.338 e. The molecule has 3 rings (SSSR count). The second-order valence-electron chi connectivity index (χ2n) is 5.46. The SMILES string of the molecule is CCOC(=O)c1cc(C)nc2c(OCc3ccccc3)cccc12. The third-order valence-corrected chi connectivity index (χ3v) is 3.66. The fraction of sp³-hybridized carbons (Fsp3) is 0.200. The Morgan fingerprint density at radius 3 is 2.62 bits per heavy atom. The Kier molecular flexibility index (Phi) is 4.75. The molecule has 122 valence electrons. The number of aryl methyl sites for hydroxylation is 1. The first-order valence-electron chi connectivity index (χ1n) is 7.93. The number of fused-ring (bicyclic) bond motifs is 1. The van der Waals surface area contributed by atoms with Gasteiger partial charge in [0, 0.05) is 11.1 Å². The number of hydrogen-bond acceptors (Lipinski definition) is 4. The van der Waals surface area contributed by atoms with Crippen molar-refractivity contribution in [1.82, 2.24) is 4.98 Å². The predicted octanol–water partition coefficient (Wildman–Crippen LogP) is 4.30. The van der Waals surface area contributed by atoms with Crippen LogP contribution in [0.15, 0.2) is 54.6 Å². The van der Waals surface area contributed by atoms with Gasteiger partial charge in [-0.25, -0.2) is 9.78 Å². The van der Waals surface area contributed by atoms with Crippen LogP contribution in [-0.4, -0.2) is 17.6 Å². The molecule has 0 atom stereocenters. The van der Waals surface area contributed by atoms with E-state index in [0.29, 0.717) is 30.0 Å². The molecule has 0 N–H and O–H groups in total. The van der Waals surface area contributed by atoms with E-state index in [4.69, 9.17) is 9.47 Å². The number of benzene rings is 2. The van der Waals surface area contributed by atoms with Gasteiger partial charge in [0.15, 0.2) is 0 Å². The Bertz CT molecular complexity index is 859. The average Bonchev–Trinajstić information content (AvgIpc) is 2.60. The lowest BCUT2D eigenvalue weighted by Crippen LogP contribution is -2.07. The summed E-state index contributed by atoms with van der Waals surface area (Å²) in [5.41, 5.74) is 3.02. The van der Waals surface area contributed by atoms with Crippen molar-refractivity contribution in [3.05, 3.63) is 71.4 Å². The highest BCUT2D eigenvalue weighted by molar-refractivity contribution is 6.04. The second-order valence-corrected chi connectivity index (χ2v) is 5.46. The minimum absolute atomic E-state index is 0.339. The molecule has 2 aromatic carbocycles. The van der Waals surface area contributed by atoms with Crippen LogP contribution < -0.4 is 4.74 Å². The summed E-state index contributed by atoms with van der Waals surface area (Å²) in [7, 11) is 0. The first kappa shape index (κ1) is 16.0. The van der Waals surface area contributed by atoms with Gasteiger partial charge >= 0.3 is 5.97 Å². The van der Waals surface area contributed by atoms with E-state index in [9.17, 15) is 4.79 Å². The first-order valence-corrected chi connectivity index (χ1v) is 7.93. The summed E-state index contributed by atoms with van der Waals surface area (Å²) in [6.07, 6.45) is 0. The number of ether oxygens (including phenoxy) is 2. The highest BCUT2D eigenvalue weighted by Gasteiger charge is 2.15. The van der Waals surface area contributed by atoms with Gasteiger partial charge < -0.3 is 9.47 Å². The lowest BCUT2D eigenvalue weighted by Gasteiger charge is -2.12. The van der Waals surface area contributed by atoms with Gasteiger partial charge in [-0.2, -0.15) is 0 Å². The van der Waals surface area contributed by atoms with Crippen molar-refractivity contribution in [3.8, 4) is 5.75 Å². The van der Waals surface area contributed by atoms with Crippen LogP contribution in [0.25, 0.3) is 10.9 Å². The maximum atomic E-state index is 12.2. The molecular weight excluding hydrogens is 302 g/mol. The highest BCUT2D eigenvalue weighted by atomic mass is 16.5. The first-order chi connectivity index (χ1) is 11.7. The van der Waals surface area contributed by atoms with Gasteiger partial charge in [-0.3, -0.25) is 0 Å². The van der Waals surface area contributed by atoms with Crippen molar-refractivity contribution in [1.29, 1.82) is 0 Å². The summed E-state index contributed by atoms with van der Waals surface area (Å²) in [6.45, 7) is 4.44. The lowest BCUT2D eigenvalue weighted by molar-refractivity contribution is 0.0528. The maximum absolute atomic E-state index is 12.2. The van der Waals surface area contributed by atoms with Crippen LogP contribution in [0, 0.1) is 6.92 Å². The maximum Gasteiger partial charge on any atom is 0.338 e. The van der Waals surface area contributed by atoms with Crippen molar-refractivity contribution in [3.63, 3.8) is 0 Å². The van der Waals surface area contributed by atoms with Gasteiger partial charge in [-0.15, -0.1) is 0 Å². The molecule has 0 spiro atoms. The number of para-hydroxylation sites is 1. The number of hydrogen-bond donors (Lipinski definition) is 0. The van der Waals surface area contributed by atoms with Gasteiger partial charge in [-0.1, -0.05) is 42.5 Å². The van der Waals surface area contributed by atoms with Crippen LogP contribution >= 0.6 is 0 Å². The fourth-order valence-corrected chi connectivity index (χ4v) is 2.58. The van der Waals surface area contributed by atoms with E-state index in [2.05, 4.69) is 4.98 Å².